The Labute approximate surface area is 163 Å². The van der Waals surface area contributed by atoms with Gasteiger partial charge < -0.3 is 26.5 Å². The first-order valence-corrected chi connectivity index (χ1v) is 9.48. The number of nitrogens with one attached hydrogen (secondary N) is 1. The average Bonchev–Trinajstić information content (AvgIpc) is 3.06. The fraction of sp³-hybridized carbons (Fsp3) is 0.333. The molecule has 0 aliphatic rings. The van der Waals surface area contributed by atoms with Crippen molar-refractivity contribution in [2.75, 3.05) is 25.5 Å². The molecular formula is C18H26ClN5OS. The SMILES string of the molecule is CCC=NC.N/C=C/c1cnc(Nc2cc(Cl)ccc2OCCCN)s1. The normalized spacial score (nSPS) is 10.8. The van der Waals surface area contributed by atoms with Crippen molar-refractivity contribution < 1.29 is 4.74 Å². The van der Waals surface area contributed by atoms with Gasteiger partial charge in [0, 0.05) is 18.3 Å². The summed E-state index contributed by atoms with van der Waals surface area (Å²) in [5.41, 5.74) is 11.6. The van der Waals surface area contributed by atoms with Crippen LogP contribution in [0, 0.1) is 0 Å². The van der Waals surface area contributed by atoms with E-state index in [1.165, 1.54) is 17.5 Å². The second kappa shape index (κ2) is 13.2. The van der Waals surface area contributed by atoms with Crippen LogP contribution in [0.2, 0.25) is 5.02 Å². The molecule has 1 aromatic heterocycles. The van der Waals surface area contributed by atoms with Crippen LogP contribution in [-0.2, 0) is 0 Å². The highest BCUT2D eigenvalue weighted by Crippen LogP contribution is 2.32. The fourth-order valence-electron chi connectivity index (χ4n) is 1.81. The molecule has 0 aliphatic carbocycles. The summed E-state index contributed by atoms with van der Waals surface area (Å²) in [5, 5.41) is 4.58. The number of anilines is 2. The molecule has 142 valence electrons. The zero-order valence-electron chi connectivity index (χ0n) is 15.1. The molecule has 1 heterocycles. The number of hydrogen-bond acceptors (Lipinski definition) is 7. The summed E-state index contributed by atoms with van der Waals surface area (Å²) in [6.07, 6.45) is 8.74. The summed E-state index contributed by atoms with van der Waals surface area (Å²) < 4.78 is 5.70. The van der Waals surface area contributed by atoms with Crippen molar-refractivity contribution in [1.29, 1.82) is 0 Å². The summed E-state index contributed by atoms with van der Waals surface area (Å²) in [6.45, 7) is 3.22. The zero-order valence-corrected chi connectivity index (χ0v) is 16.7. The number of ether oxygens (including phenoxy) is 1. The van der Waals surface area contributed by atoms with Gasteiger partial charge >= 0.3 is 0 Å². The van der Waals surface area contributed by atoms with Crippen molar-refractivity contribution in [3.63, 3.8) is 0 Å². The molecule has 1 aromatic carbocycles. The van der Waals surface area contributed by atoms with E-state index in [1.807, 2.05) is 12.3 Å². The highest BCUT2D eigenvalue weighted by Gasteiger charge is 2.07. The van der Waals surface area contributed by atoms with E-state index >= 15 is 0 Å². The monoisotopic (exact) mass is 395 g/mol. The maximum Gasteiger partial charge on any atom is 0.187 e. The van der Waals surface area contributed by atoms with Crippen molar-refractivity contribution in [2.45, 2.75) is 19.8 Å². The standard InChI is InChI=1S/C14H17ClN4OS.C4H9N/c15-10-2-3-13(20-7-1-5-16)12(8-10)19-14-18-9-11(21-14)4-6-17;1-3-4-5-2/h2-4,6,8-9H,1,5,7,16-17H2,(H,18,19);4H,3H2,1-2H3/b6-4+;. The Kier molecular flexibility index (Phi) is 11.1. The minimum absolute atomic E-state index is 0.561. The third kappa shape index (κ3) is 8.33. The van der Waals surface area contributed by atoms with Gasteiger partial charge in [-0.2, -0.15) is 0 Å². The van der Waals surface area contributed by atoms with Crippen molar-refractivity contribution in [3.05, 3.63) is 40.5 Å². The van der Waals surface area contributed by atoms with Crippen molar-refractivity contribution in [1.82, 2.24) is 4.98 Å². The maximum atomic E-state index is 6.04. The summed E-state index contributed by atoms with van der Waals surface area (Å²) >= 11 is 7.53. The summed E-state index contributed by atoms with van der Waals surface area (Å²) in [5.74, 6) is 0.721. The van der Waals surface area contributed by atoms with E-state index in [1.54, 1.807) is 31.5 Å². The van der Waals surface area contributed by atoms with E-state index in [2.05, 4.69) is 22.2 Å². The minimum Gasteiger partial charge on any atom is -0.491 e. The number of aliphatic imine (C=N–C) groups is 1. The average molecular weight is 396 g/mol. The molecule has 2 rings (SSSR count). The first-order valence-electron chi connectivity index (χ1n) is 8.28. The van der Waals surface area contributed by atoms with Gasteiger partial charge in [-0.3, -0.25) is 0 Å². The second-order valence-electron chi connectivity index (χ2n) is 5.03. The van der Waals surface area contributed by atoms with Crippen LogP contribution in [0.15, 0.2) is 35.6 Å². The largest absolute Gasteiger partial charge is 0.491 e. The lowest BCUT2D eigenvalue weighted by molar-refractivity contribution is 0.315. The van der Waals surface area contributed by atoms with Gasteiger partial charge in [0.2, 0.25) is 0 Å². The Balaban J connectivity index is 0.000000597. The van der Waals surface area contributed by atoms with E-state index in [0.29, 0.717) is 18.2 Å². The highest BCUT2D eigenvalue weighted by molar-refractivity contribution is 7.16. The molecule has 8 heteroatoms. The van der Waals surface area contributed by atoms with Gasteiger partial charge in [-0.1, -0.05) is 29.9 Å². The number of nitrogens with two attached hydrogens (primary N) is 2. The second-order valence-corrected chi connectivity index (χ2v) is 6.53. The smallest absolute Gasteiger partial charge is 0.187 e. The molecule has 0 unspecified atom stereocenters. The van der Waals surface area contributed by atoms with Gasteiger partial charge in [0.05, 0.1) is 17.2 Å². The van der Waals surface area contributed by atoms with E-state index in [4.69, 9.17) is 27.8 Å². The molecule has 0 saturated carbocycles. The molecular weight excluding hydrogens is 370 g/mol. The van der Waals surface area contributed by atoms with Crippen LogP contribution in [0.5, 0.6) is 5.75 Å². The Bertz CT molecular complexity index is 703. The number of nitrogens with zero attached hydrogens (tertiary/aromatic N) is 2. The Hall–Kier alpha value is -2.09. The molecule has 0 bridgehead atoms. The molecule has 2 aromatic rings. The highest BCUT2D eigenvalue weighted by atomic mass is 35.5. The van der Waals surface area contributed by atoms with Gasteiger partial charge in [-0.15, -0.1) is 0 Å². The van der Waals surface area contributed by atoms with Crippen LogP contribution in [0.25, 0.3) is 6.08 Å². The molecule has 6 nitrogen and oxygen atoms in total. The summed E-state index contributed by atoms with van der Waals surface area (Å²) in [4.78, 5) is 8.97. The molecule has 0 atom stereocenters. The lowest BCUT2D eigenvalue weighted by atomic mass is 10.3. The minimum atomic E-state index is 0.561. The first kappa shape index (κ1) is 22.0. The van der Waals surface area contributed by atoms with Gasteiger partial charge in [0.15, 0.2) is 5.13 Å². The lowest BCUT2D eigenvalue weighted by Crippen LogP contribution is -2.07. The zero-order chi connectivity index (χ0) is 19.2. The predicted octanol–water partition coefficient (Wildman–Crippen LogP) is 4.29. The number of rotatable bonds is 8. The van der Waals surface area contributed by atoms with E-state index in [9.17, 15) is 0 Å². The van der Waals surface area contributed by atoms with Crippen LogP contribution in [-0.4, -0.2) is 31.4 Å². The molecule has 26 heavy (non-hydrogen) atoms. The Morgan fingerprint density at radius 1 is 1.42 bits per heavy atom. The van der Waals surface area contributed by atoms with Crippen molar-refractivity contribution in [3.8, 4) is 5.75 Å². The van der Waals surface area contributed by atoms with Crippen molar-refractivity contribution in [2.24, 2.45) is 16.5 Å². The molecule has 0 aliphatic heterocycles. The number of thiazole rings is 1. The maximum absolute atomic E-state index is 6.04. The van der Waals surface area contributed by atoms with E-state index in [-0.39, 0.29) is 0 Å². The first-order chi connectivity index (χ1) is 12.6. The number of aromatic nitrogens is 1. The molecule has 0 fully saturated rings. The fourth-order valence-corrected chi connectivity index (χ4v) is 2.72. The van der Waals surface area contributed by atoms with Gasteiger partial charge in [-0.25, -0.2) is 4.98 Å². The summed E-state index contributed by atoms with van der Waals surface area (Å²) in [6, 6.07) is 5.42. The molecule has 5 N–H and O–H groups in total. The topological polar surface area (TPSA) is 98.5 Å². The molecule has 0 saturated heterocycles. The molecule has 0 spiro atoms. The summed E-state index contributed by atoms with van der Waals surface area (Å²) in [7, 11) is 1.78. The molecule has 0 radical (unpaired) electrons. The van der Waals surface area contributed by atoms with Crippen LogP contribution in [0.1, 0.15) is 24.6 Å². The van der Waals surface area contributed by atoms with Crippen LogP contribution >= 0.6 is 22.9 Å². The van der Waals surface area contributed by atoms with Gasteiger partial charge in [0.1, 0.15) is 5.75 Å². The van der Waals surface area contributed by atoms with Gasteiger partial charge in [0.25, 0.3) is 0 Å². The third-order valence-electron chi connectivity index (χ3n) is 2.94. The quantitative estimate of drug-likeness (QED) is 0.457. The van der Waals surface area contributed by atoms with Crippen molar-refractivity contribution >= 4 is 46.0 Å². The number of benzene rings is 1. The number of hydrogen-bond donors (Lipinski definition) is 3. The third-order valence-corrected chi connectivity index (χ3v) is 4.05. The van der Waals surface area contributed by atoms with Crippen LogP contribution in [0.3, 0.4) is 0 Å². The van der Waals surface area contributed by atoms with E-state index in [0.717, 1.165) is 34.3 Å². The number of halogens is 1. The lowest BCUT2D eigenvalue weighted by Gasteiger charge is -2.12. The molecule has 0 amide bonds. The van der Waals surface area contributed by atoms with Crippen LogP contribution < -0.4 is 21.5 Å². The van der Waals surface area contributed by atoms with Gasteiger partial charge in [-0.05, 0) is 56.1 Å². The van der Waals surface area contributed by atoms with Crippen LogP contribution in [0.4, 0.5) is 10.8 Å². The van der Waals surface area contributed by atoms with E-state index < -0.39 is 0 Å². The predicted molar refractivity (Wildman–Crippen MR) is 114 cm³/mol. The Morgan fingerprint density at radius 3 is 2.85 bits per heavy atom. The Morgan fingerprint density at radius 2 is 2.23 bits per heavy atom.